The molecule has 1 aromatic heterocycles. The minimum atomic E-state index is 0.141. The molecule has 1 atom stereocenters. The predicted molar refractivity (Wildman–Crippen MR) is 142 cm³/mol. The number of para-hydroxylation sites is 1. The normalized spacial score (nSPS) is 12.2. The Morgan fingerprint density at radius 3 is 2.32 bits per heavy atom. The van der Waals surface area contributed by atoms with Gasteiger partial charge in [-0.25, -0.2) is 0 Å². The Morgan fingerprint density at radius 1 is 0.882 bits per heavy atom. The molecule has 0 spiro atoms. The number of carbonyl (C=O) groups is 1. The lowest BCUT2D eigenvalue weighted by Crippen LogP contribution is -2.28. The third kappa shape index (κ3) is 6.17. The van der Waals surface area contributed by atoms with Crippen LogP contribution in [-0.2, 0) is 17.8 Å². The van der Waals surface area contributed by atoms with Gasteiger partial charge in [0.1, 0.15) is 0 Å². The molecule has 1 N–H and O–H groups in total. The van der Waals surface area contributed by atoms with Crippen molar-refractivity contribution in [1.29, 1.82) is 0 Å². The van der Waals surface area contributed by atoms with Gasteiger partial charge in [-0.15, -0.1) is 0 Å². The number of nitrogens with one attached hydrogen (secondary N) is 1. The van der Waals surface area contributed by atoms with Gasteiger partial charge in [0.05, 0.1) is 0 Å². The molecule has 4 rings (SSSR count). The van der Waals surface area contributed by atoms with E-state index in [1.807, 2.05) is 0 Å². The van der Waals surface area contributed by atoms with Crippen LogP contribution in [-0.4, -0.2) is 17.0 Å². The van der Waals surface area contributed by atoms with Crippen molar-refractivity contribution in [2.45, 2.75) is 52.5 Å². The second kappa shape index (κ2) is 11.2. The molecule has 1 heterocycles. The molecule has 3 nitrogen and oxygen atoms in total. The molecule has 0 aliphatic carbocycles. The summed E-state index contributed by atoms with van der Waals surface area (Å²) < 4.78 is 2.34. The molecule has 176 valence electrons. The molecular formula is C31H36N2O. The van der Waals surface area contributed by atoms with Crippen molar-refractivity contribution in [3.8, 4) is 0 Å². The van der Waals surface area contributed by atoms with E-state index < -0.39 is 0 Å². The Balaban J connectivity index is 1.64. The zero-order valence-corrected chi connectivity index (χ0v) is 20.6. The Labute approximate surface area is 203 Å². The molecule has 0 aliphatic rings. The zero-order valence-electron chi connectivity index (χ0n) is 20.6. The maximum Gasteiger partial charge on any atom is 0.220 e. The van der Waals surface area contributed by atoms with Crippen LogP contribution in [0.15, 0.2) is 85.1 Å². The molecule has 0 saturated heterocycles. The van der Waals surface area contributed by atoms with E-state index in [1.165, 1.54) is 33.2 Å². The fourth-order valence-corrected chi connectivity index (χ4v) is 4.59. The summed E-state index contributed by atoms with van der Waals surface area (Å²) in [5.74, 6) is 0.752. The van der Waals surface area contributed by atoms with Gasteiger partial charge in [0.15, 0.2) is 0 Å². The van der Waals surface area contributed by atoms with Crippen LogP contribution in [0.1, 0.15) is 54.9 Å². The minimum absolute atomic E-state index is 0.141. The van der Waals surface area contributed by atoms with E-state index in [0.29, 0.717) is 12.3 Å². The fraction of sp³-hybridized carbons (Fsp3) is 0.323. The van der Waals surface area contributed by atoms with E-state index in [4.69, 9.17) is 0 Å². The second-order valence-corrected chi connectivity index (χ2v) is 9.84. The minimum Gasteiger partial charge on any atom is -0.356 e. The van der Waals surface area contributed by atoms with Crippen LogP contribution in [0.2, 0.25) is 0 Å². The Kier molecular flexibility index (Phi) is 7.84. The van der Waals surface area contributed by atoms with Crippen LogP contribution in [0.25, 0.3) is 10.9 Å². The molecule has 4 aromatic rings. The standard InChI is InChI=1S/C31H36N2O/c1-23(2)20-32-31(34)19-27(18-17-25-9-5-4-6-10-25)29-22-33(30-12-8-7-11-28(29)30)21-26-15-13-24(3)14-16-26/h4-16,22-23,27H,17-21H2,1-3H3,(H,32,34). The quantitative estimate of drug-likeness (QED) is 0.280. The molecule has 1 unspecified atom stereocenters. The summed E-state index contributed by atoms with van der Waals surface area (Å²) in [6, 6.07) is 27.9. The van der Waals surface area contributed by atoms with Crippen molar-refractivity contribution in [2.75, 3.05) is 6.54 Å². The van der Waals surface area contributed by atoms with Gasteiger partial charge >= 0.3 is 0 Å². The van der Waals surface area contributed by atoms with Gasteiger partial charge in [-0.1, -0.05) is 92.2 Å². The highest BCUT2D eigenvalue weighted by molar-refractivity contribution is 5.86. The van der Waals surface area contributed by atoms with Crippen LogP contribution < -0.4 is 5.32 Å². The smallest absolute Gasteiger partial charge is 0.220 e. The number of amides is 1. The third-order valence-electron chi connectivity index (χ3n) is 6.50. The lowest BCUT2D eigenvalue weighted by molar-refractivity contribution is -0.121. The average Bonchev–Trinajstić information content (AvgIpc) is 3.21. The summed E-state index contributed by atoms with van der Waals surface area (Å²) in [5.41, 5.74) is 6.38. The predicted octanol–water partition coefficient (Wildman–Crippen LogP) is 6.88. The molecule has 0 bridgehead atoms. The van der Waals surface area contributed by atoms with E-state index in [0.717, 1.165) is 25.9 Å². The van der Waals surface area contributed by atoms with E-state index in [9.17, 15) is 4.79 Å². The number of nitrogens with zero attached hydrogens (tertiary/aromatic N) is 1. The Hall–Kier alpha value is -3.33. The van der Waals surface area contributed by atoms with Crippen LogP contribution in [0.4, 0.5) is 0 Å². The zero-order chi connectivity index (χ0) is 23.9. The summed E-state index contributed by atoms with van der Waals surface area (Å²) in [6.07, 6.45) is 4.70. The summed E-state index contributed by atoms with van der Waals surface area (Å²) in [5, 5.41) is 4.39. The van der Waals surface area contributed by atoms with Gasteiger partial charge in [0.2, 0.25) is 5.91 Å². The number of carbonyl (C=O) groups excluding carboxylic acids is 1. The van der Waals surface area contributed by atoms with Crippen LogP contribution in [0.3, 0.4) is 0 Å². The van der Waals surface area contributed by atoms with E-state index >= 15 is 0 Å². The highest BCUT2D eigenvalue weighted by Crippen LogP contribution is 2.33. The number of fused-ring (bicyclic) bond motifs is 1. The van der Waals surface area contributed by atoms with Crippen LogP contribution in [0, 0.1) is 12.8 Å². The summed E-state index contributed by atoms with van der Waals surface area (Å²) in [4.78, 5) is 12.9. The number of hydrogen-bond acceptors (Lipinski definition) is 1. The summed E-state index contributed by atoms with van der Waals surface area (Å²) in [7, 11) is 0. The first-order chi connectivity index (χ1) is 16.5. The van der Waals surface area contributed by atoms with Gasteiger partial charge in [-0.05, 0) is 54.4 Å². The Bertz CT molecular complexity index is 1210. The molecular weight excluding hydrogens is 416 g/mol. The molecule has 3 heteroatoms. The third-order valence-corrected chi connectivity index (χ3v) is 6.50. The molecule has 0 saturated carbocycles. The summed E-state index contributed by atoms with van der Waals surface area (Å²) >= 11 is 0. The number of aryl methyl sites for hydroxylation is 2. The Morgan fingerprint density at radius 2 is 1.59 bits per heavy atom. The van der Waals surface area contributed by atoms with Gasteiger partial charge in [0.25, 0.3) is 0 Å². The van der Waals surface area contributed by atoms with Crippen molar-refractivity contribution < 1.29 is 4.79 Å². The molecule has 34 heavy (non-hydrogen) atoms. The number of rotatable bonds is 10. The summed E-state index contributed by atoms with van der Waals surface area (Å²) in [6.45, 7) is 7.93. The van der Waals surface area contributed by atoms with E-state index in [-0.39, 0.29) is 11.8 Å². The SMILES string of the molecule is Cc1ccc(Cn2cc(C(CCc3ccccc3)CC(=O)NCC(C)C)c3ccccc32)cc1. The van der Waals surface area contributed by atoms with E-state index in [1.54, 1.807) is 0 Å². The monoisotopic (exact) mass is 452 g/mol. The maximum atomic E-state index is 12.9. The maximum absolute atomic E-state index is 12.9. The highest BCUT2D eigenvalue weighted by Gasteiger charge is 2.21. The average molecular weight is 453 g/mol. The van der Waals surface area contributed by atoms with Crippen molar-refractivity contribution in [3.05, 3.63) is 107 Å². The number of aromatic nitrogens is 1. The van der Waals surface area contributed by atoms with Crippen molar-refractivity contribution >= 4 is 16.8 Å². The second-order valence-electron chi connectivity index (χ2n) is 9.84. The van der Waals surface area contributed by atoms with Gasteiger partial charge in [0, 0.05) is 36.6 Å². The molecule has 3 aromatic carbocycles. The van der Waals surface area contributed by atoms with E-state index in [2.05, 4.69) is 116 Å². The number of benzene rings is 3. The van der Waals surface area contributed by atoms with Gasteiger partial charge < -0.3 is 9.88 Å². The fourth-order valence-electron chi connectivity index (χ4n) is 4.59. The van der Waals surface area contributed by atoms with Crippen LogP contribution >= 0.6 is 0 Å². The molecule has 0 aliphatic heterocycles. The van der Waals surface area contributed by atoms with Crippen molar-refractivity contribution in [1.82, 2.24) is 9.88 Å². The lowest BCUT2D eigenvalue weighted by atomic mass is 9.89. The first kappa shape index (κ1) is 23.8. The largest absolute Gasteiger partial charge is 0.356 e. The first-order valence-electron chi connectivity index (χ1n) is 12.4. The molecule has 0 fully saturated rings. The highest BCUT2D eigenvalue weighted by atomic mass is 16.1. The van der Waals surface area contributed by atoms with Gasteiger partial charge in [-0.2, -0.15) is 0 Å². The lowest BCUT2D eigenvalue weighted by Gasteiger charge is -2.17. The molecule has 1 amide bonds. The topological polar surface area (TPSA) is 34.0 Å². The first-order valence-corrected chi connectivity index (χ1v) is 12.4. The number of hydrogen-bond donors (Lipinski definition) is 1. The van der Waals surface area contributed by atoms with Crippen molar-refractivity contribution in [3.63, 3.8) is 0 Å². The molecule has 0 radical (unpaired) electrons. The van der Waals surface area contributed by atoms with Crippen LogP contribution in [0.5, 0.6) is 0 Å². The van der Waals surface area contributed by atoms with Crippen molar-refractivity contribution in [2.24, 2.45) is 5.92 Å². The van der Waals surface area contributed by atoms with Gasteiger partial charge in [-0.3, -0.25) is 4.79 Å².